The van der Waals surface area contributed by atoms with E-state index in [-0.39, 0.29) is 12.0 Å². The Morgan fingerprint density at radius 3 is 2.14 bits per heavy atom. The summed E-state index contributed by atoms with van der Waals surface area (Å²) in [5.41, 5.74) is 0. The van der Waals surface area contributed by atoms with Gasteiger partial charge < -0.3 is 23.8 Å². The number of piperidine rings is 1. The molecule has 1 fully saturated rings. The first-order chi connectivity index (χ1) is 13.6. The van der Waals surface area contributed by atoms with Gasteiger partial charge in [-0.3, -0.25) is 4.79 Å². The van der Waals surface area contributed by atoms with E-state index in [0.717, 1.165) is 11.3 Å². The van der Waals surface area contributed by atoms with Crippen LogP contribution in [-0.2, 0) is 4.74 Å². The van der Waals surface area contributed by atoms with Gasteiger partial charge in [0.1, 0.15) is 11.0 Å². The first-order valence-corrected chi connectivity index (χ1v) is 9.74. The van der Waals surface area contributed by atoms with Crippen LogP contribution in [-0.4, -0.2) is 57.3 Å². The number of benzene rings is 1. The third-order valence-electron chi connectivity index (χ3n) is 4.60. The van der Waals surface area contributed by atoms with Crippen molar-refractivity contribution in [2.24, 2.45) is 0 Å². The standard InChI is InChI=1S/C20H23NO6S/c1-24-14-5-4-6-15(25-2)18(14)27-13-9-11-21(12-10-13)19(22)16-7-8-17(28-16)20(23)26-3/h4-8,13H,9-12H2,1-3H3. The predicted octanol–water partition coefficient (Wildman–Crippen LogP) is 3.24. The highest BCUT2D eigenvalue weighted by Gasteiger charge is 2.27. The zero-order valence-corrected chi connectivity index (χ0v) is 16.9. The number of nitrogens with zero attached hydrogens (tertiary/aromatic N) is 1. The Labute approximate surface area is 167 Å². The lowest BCUT2D eigenvalue weighted by atomic mass is 10.1. The summed E-state index contributed by atoms with van der Waals surface area (Å²) in [6.07, 6.45) is 1.35. The minimum atomic E-state index is -0.429. The number of ether oxygens (including phenoxy) is 4. The van der Waals surface area contributed by atoms with Crippen LogP contribution in [0.5, 0.6) is 17.2 Å². The van der Waals surface area contributed by atoms with Gasteiger partial charge in [-0.15, -0.1) is 11.3 Å². The largest absolute Gasteiger partial charge is 0.493 e. The van der Waals surface area contributed by atoms with Gasteiger partial charge in [-0.2, -0.15) is 0 Å². The van der Waals surface area contributed by atoms with Gasteiger partial charge in [0.05, 0.1) is 26.2 Å². The third-order valence-corrected chi connectivity index (χ3v) is 5.65. The van der Waals surface area contributed by atoms with Crippen molar-refractivity contribution in [1.29, 1.82) is 0 Å². The second-order valence-electron chi connectivity index (χ2n) is 6.26. The molecule has 1 saturated heterocycles. The fourth-order valence-corrected chi connectivity index (χ4v) is 3.99. The third kappa shape index (κ3) is 4.22. The number of amides is 1. The molecule has 1 amide bonds. The van der Waals surface area contributed by atoms with E-state index >= 15 is 0 Å². The molecule has 2 aromatic rings. The summed E-state index contributed by atoms with van der Waals surface area (Å²) in [5.74, 6) is 1.31. The first-order valence-electron chi connectivity index (χ1n) is 8.92. The Bertz CT molecular complexity index is 819. The summed E-state index contributed by atoms with van der Waals surface area (Å²) >= 11 is 1.15. The molecule has 0 radical (unpaired) electrons. The molecule has 8 heteroatoms. The Kier molecular flexibility index (Phi) is 6.41. The SMILES string of the molecule is COC(=O)c1ccc(C(=O)N2CCC(Oc3c(OC)cccc3OC)CC2)s1. The van der Waals surface area contributed by atoms with Gasteiger partial charge in [0.2, 0.25) is 5.75 Å². The zero-order valence-electron chi connectivity index (χ0n) is 16.1. The highest BCUT2D eigenvalue weighted by Crippen LogP contribution is 2.38. The maximum Gasteiger partial charge on any atom is 0.348 e. The topological polar surface area (TPSA) is 74.3 Å². The van der Waals surface area contributed by atoms with E-state index in [0.29, 0.717) is 52.9 Å². The van der Waals surface area contributed by atoms with E-state index < -0.39 is 5.97 Å². The molecule has 0 atom stereocenters. The minimum absolute atomic E-state index is 0.0387. The van der Waals surface area contributed by atoms with E-state index in [9.17, 15) is 9.59 Å². The molecule has 0 bridgehead atoms. The van der Waals surface area contributed by atoms with Gasteiger partial charge in [0.15, 0.2) is 11.5 Å². The summed E-state index contributed by atoms with van der Waals surface area (Å²) in [6.45, 7) is 1.15. The number of methoxy groups -OCH3 is 3. The van der Waals surface area contributed by atoms with Crippen molar-refractivity contribution in [3.8, 4) is 17.2 Å². The second kappa shape index (κ2) is 8.97. The van der Waals surface area contributed by atoms with E-state index in [1.165, 1.54) is 7.11 Å². The zero-order chi connectivity index (χ0) is 20.1. The second-order valence-corrected chi connectivity index (χ2v) is 7.34. The molecule has 3 rings (SSSR count). The number of para-hydroxylation sites is 1. The number of hydrogen-bond donors (Lipinski definition) is 0. The maximum absolute atomic E-state index is 12.7. The van der Waals surface area contributed by atoms with Crippen LogP contribution < -0.4 is 14.2 Å². The molecule has 0 unspecified atom stereocenters. The number of carbonyl (C=O) groups is 2. The van der Waals surface area contributed by atoms with Crippen molar-refractivity contribution in [1.82, 2.24) is 4.90 Å². The summed E-state index contributed by atoms with van der Waals surface area (Å²) in [5, 5.41) is 0. The van der Waals surface area contributed by atoms with Gasteiger partial charge >= 0.3 is 5.97 Å². The van der Waals surface area contributed by atoms with Crippen LogP contribution in [0.15, 0.2) is 30.3 Å². The lowest BCUT2D eigenvalue weighted by Crippen LogP contribution is -2.41. The lowest BCUT2D eigenvalue weighted by Gasteiger charge is -2.32. The van der Waals surface area contributed by atoms with Crippen molar-refractivity contribution >= 4 is 23.2 Å². The van der Waals surface area contributed by atoms with Crippen LogP contribution in [0.25, 0.3) is 0 Å². The molecular weight excluding hydrogens is 382 g/mol. The van der Waals surface area contributed by atoms with Gasteiger partial charge in [-0.05, 0) is 24.3 Å². The molecule has 0 N–H and O–H groups in total. The number of hydrogen-bond acceptors (Lipinski definition) is 7. The summed E-state index contributed by atoms with van der Waals surface area (Å²) in [4.78, 5) is 27.0. The Hall–Kier alpha value is -2.74. The summed E-state index contributed by atoms with van der Waals surface area (Å²) in [7, 11) is 4.50. The van der Waals surface area contributed by atoms with Crippen molar-refractivity contribution in [2.75, 3.05) is 34.4 Å². The molecule has 2 heterocycles. The van der Waals surface area contributed by atoms with Crippen LogP contribution >= 0.6 is 11.3 Å². The fraction of sp³-hybridized carbons (Fsp3) is 0.400. The van der Waals surface area contributed by atoms with E-state index in [1.807, 2.05) is 18.2 Å². The highest BCUT2D eigenvalue weighted by molar-refractivity contribution is 7.15. The molecule has 1 aliphatic heterocycles. The number of thiophene rings is 1. The molecule has 28 heavy (non-hydrogen) atoms. The molecule has 1 aromatic carbocycles. The van der Waals surface area contributed by atoms with Crippen molar-refractivity contribution in [2.45, 2.75) is 18.9 Å². The van der Waals surface area contributed by atoms with Crippen molar-refractivity contribution < 1.29 is 28.5 Å². The highest BCUT2D eigenvalue weighted by atomic mass is 32.1. The van der Waals surface area contributed by atoms with E-state index in [4.69, 9.17) is 18.9 Å². The molecule has 1 aromatic heterocycles. The fourth-order valence-electron chi connectivity index (χ4n) is 3.10. The van der Waals surface area contributed by atoms with Crippen LogP contribution in [0.4, 0.5) is 0 Å². The summed E-state index contributed by atoms with van der Waals surface area (Å²) in [6, 6.07) is 8.78. The Morgan fingerprint density at radius 1 is 0.964 bits per heavy atom. The Morgan fingerprint density at radius 2 is 1.57 bits per heavy atom. The molecule has 0 aliphatic carbocycles. The number of likely N-dealkylation sites (tertiary alicyclic amines) is 1. The molecule has 0 spiro atoms. The van der Waals surface area contributed by atoms with Crippen LogP contribution in [0.3, 0.4) is 0 Å². The van der Waals surface area contributed by atoms with Gasteiger partial charge in [-0.25, -0.2) is 4.79 Å². The Balaban J connectivity index is 1.61. The average Bonchev–Trinajstić information content (AvgIpc) is 3.23. The molecule has 0 saturated carbocycles. The van der Waals surface area contributed by atoms with Gasteiger partial charge in [0.25, 0.3) is 5.91 Å². The van der Waals surface area contributed by atoms with E-state index in [2.05, 4.69) is 0 Å². The quantitative estimate of drug-likeness (QED) is 0.687. The lowest BCUT2D eigenvalue weighted by molar-refractivity contribution is 0.0587. The summed E-state index contributed by atoms with van der Waals surface area (Å²) < 4.78 is 21.6. The number of rotatable bonds is 6. The molecule has 150 valence electrons. The molecular formula is C20H23NO6S. The number of esters is 1. The van der Waals surface area contributed by atoms with Crippen molar-refractivity contribution in [3.63, 3.8) is 0 Å². The predicted molar refractivity (Wildman–Crippen MR) is 105 cm³/mol. The maximum atomic E-state index is 12.7. The van der Waals surface area contributed by atoms with Gasteiger partial charge in [0, 0.05) is 25.9 Å². The van der Waals surface area contributed by atoms with Crippen LogP contribution in [0.2, 0.25) is 0 Å². The molecule has 7 nitrogen and oxygen atoms in total. The van der Waals surface area contributed by atoms with E-state index in [1.54, 1.807) is 31.3 Å². The van der Waals surface area contributed by atoms with Crippen LogP contribution in [0.1, 0.15) is 32.2 Å². The number of carbonyl (C=O) groups excluding carboxylic acids is 2. The van der Waals surface area contributed by atoms with Gasteiger partial charge in [-0.1, -0.05) is 6.07 Å². The average molecular weight is 405 g/mol. The monoisotopic (exact) mass is 405 g/mol. The first kappa shape index (κ1) is 20.0. The van der Waals surface area contributed by atoms with Crippen molar-refractivity contribution in [3.05, 3.63) is 40.1 Å². The van der Waals surface area contributed by atoms with Crippen LogP contribution in [0, 0.1) is 0 Å². The normalized spacial score (nSPS) is 14.5. The minimum Gasteiger partial charge on any atom is -0.493 e. The smallest absolute Gasteiger partial charge is 0.348 e. The molecule has 1 aliphatic rings.